The van der Waals surface area contributed by atoms with Crippen molar-refractivity contribution < 1.29 is 0 Å². The predicted octanol–water partition coefficient (Wildman–Crippen LogP) is 2.79. The first-order chi connectivity index (χ1) is 9.83. The van der Waals surface area contributed by atoms with Crippen LogP contribution in [0, 0.1) is 0 Å². The van der Waals surface area contributed by atoms with Gasteiger partial charge in [-0.3, -0.25) is 5.10 Å². The first-order valence-corrected chi connectivity index (χ1v) is 7.45. The largest absolute Gasteiger partial charge is 0.303 e. The monoisotopic (exact) mass is 270 g/mol. The summed E-state index contributed by atoms with van der Waals surface area (Å²) in [5.41, 5.74) is 1.44. The molecule has 2 heterocycles. The molecule has 0 amide bonds. The molecular formula is C16H22N4. The number of nitrogens with zero attached hydrogens (tertiary/aromatic N) is 3. The first kappa shape index (κ1) is 13.3. The molecule has 0 bridgehead atoms. The van der Waals surface area contributed by atoms with Crippen molar-refractivity contribution in [1.29, 1.82) is 0 Å². The summed E-state index contributed by atoms with van der Waals surface area (Å²) in [6.45, 7) is 5.77. The van der Waals surface area contributed by atoms with Crippen molar-refractivity contribution in [3.63, 3.8) is 0 Å². The molecular weight excluding hydrogens is 248 g/mol. The zero-order chi connectivity index (χ0) is 13.8. The van der Waals surface area contributed by atoms with Crippen LogP contribution in [-0.4, -0.2) is 39.7 Å². The van der Waals surface area contributed by atoms with Crippen LogP contribution in [0.25, 0.3) is 0 Å². The number of rotatable bonds is 4. The van der Waals surface area contributed by atoms with Gasteiger partial charge in [-0.15, -0.1) is 0 Å². The molecule has 2 aromatic rings. The Kier molecular flexibility index (Phi) is 4.11. The Labute approximate surface area is 120 Å². The minimum absolute atomic E-state index is 0.556. The van der Waals surface area contributed by atoms with E-state index in [9.17, 15) is 0 Å². The average Bonchev–Trinajstić information content (AvgIpc) is 3.03. The van der Waals surface area contributed by atoms with E-state index in [1.807, 2.05) is 0 Å². The van der Waals surface area contributed by atoms with E-state index in [0.717, 1.165) is 25.5 Å². The number of likely N-dealkylation sites (tertiary alicyclic amines) is 1. The highest BCUT2D eigenvalue weighted by molar-refractivity contribution is 5.19. The summed E-state index contributed by atoms with van der Waals surface area (Å²) in [6, 6.07) is 10.8. The molecule has 1 aliphatic heterocycles. The number of aromatic amines is 1. The predicted molar refractivity (Wildman–Crippen MR) is 79.7 cm³/mol. The lowest BCUT2D eigenvalue weighted by Gasteiger charge is -2.32. The average molecular weight is 270 g/mol. The lowest BCUT2D eigenvalue weighted by Crippen LogP contribution is -2.35. The van der Waals surface area contributed by atoms with Gasteiger partial charge in [-0.05, 0) is 37.4 Å². The third kappa shape index (κ3) is 3.07. The molecule has 3 rings (SSSR count). The normalized spacial score (nSPS) is 19.1. The second-order valence-corrected chi connectivity index (χ2v) is 5.76. The third-order valence-electron chi connectivity index (χ3n) is 4.31. The number of hydrogen-bond acceptors (Lipinski definition) is 3. The highest BCUT2D eigenvalue weighted by Crippen LogP contribution is 2.26. The van der Waals surface area contributed by atoms with E-state index >= 15 is 0 Å². The Hall–Kier alpha value is -1.68. The highest BCUT2D eigenvalue weighted by atomic mass is 15.2. The van der Waals surface area contributed by atoms with Crippen molar-refractivity contribution in [3.05, 3.63) is 48.0 Å². The van der Waals surface area contributed by atoms with Gasteiger partial charge in [0.1, 0.15) is 12.2 Å². The van der Waals surface area contributed by atoms with E-state index in [1.54, 1.807) is 6.33 Å². The summed E-state index contributed by atoms with van der Waals surface area (Å²) in [4.78, 5) is 6.86. The van der Waals surface area contributed by atoms with Gasteiger partial charge in [0.2, 0.25) is 0 Å². The van der Waals surface area contributed by atoms with Crippen molar-refractivity contribution in [3.8, 4) is 0 Å². The number of aromatic nitrogens is 3. The Bertz CT molecular complexity index is 501. The quantitative estimate of drug-likeness (QED) is 0.929. The molecule has 0 unspecified atom stereocenters. The molecule has 4 heteroatoms. The molecule has 1 aliphatic rings. The molecule has 4 nitrogen and oxygen atoms in total. The maximum Gasteiger partial charge on any atom is 0.137 e. The van der Waals surface area contributed by atoms with Crippen LogP contribution in [0.15, 0.2) is 36.7 Å². The highest BCUT2D eigenvalue weighted by Gasteiger charge is 2.23. The molecule has 20 heavy (non-hydrogen) atoms. The van der Waals surface area contributed by atoms with Crippen LogP contribution >= 0.6 is 0 Å². The van der Waals surface area contributed by atoms with Crippen LogP contribution < -0.4 is 0 Å². The number of nitrogens with one attached hydrogen (secondary N) is 1. The van der Waals surface area contributed by atoms with Gasteiger partial charge < -0.3 is 4.90 Å². The lowest BCUT2D eigenvalue weighted by atomic mass is 9.94. The third-order valence-corrected chi connectivity index (χ3v) is 4.31. The fourth-order valence-electron chi connectivity index (χ4n) is 3.07. The molecule has 1 atom stereocenters. The fourth-order valence-corrected chi connectivity index (χ4v) is 3.07. The van der Waals surface area contributed by atoms with Crippen LogP contribution in [0.3, 0.4) is 0 Å². The van der Waals surface area contributed by atoms with Crippen LogP contribution in [-0.2, 0) is 0 Å². The molecule has 0 saturated carbocycles. The lowest BCUT2D eigenvalue weighted by molar-refractivity contribution is 0.201. The van der Waals surface area contributed by atoms with Gasteiger partial charge in [0.25, 0.3) is 0 Å². The number of piperidine rings is 1. The van der Waals surface area contributed by atoms with Gasteiger partial charge in [0.05, 0.1) is 0 Å². The maximum atomic E-state index is 4.29. The van der Waals surface area contributed by atoms with Gasteiger partial charge in [-0.25, -0.2) is 4.98 Å². The molecule has 0 aliphatic carbocycles. The van der Waals surface area contributed by atoms with Gasteiger partial charge in [0.15, 0.2) is 0 Å². The van der Waals surface area contributed by atoms with Gasteiger partial charge >= 0.3 is 0 Å². The number of H-pyrrole nitrogens is 1. The summed E-state index contributed by atoms with van der Waals surface area (Å²) in [5.74, 6) is 2.21. The van der Waals surface area contributed by atoms with E-state index in [-0.39, 0.29) is 0 Å². The van der Waals surface area contributed by atoms with Gasteiger partial charge in [-0.2, -0.15) is 5.10 Å². The second kappa shape index (κ2) is 6.18. The zero-order valence-corrected chi connectivity index (χ0v) is 12.0. The van der Waals surface area contributed by atoms with Crippen molar-refractivity contribution in [2.45, 2.75) is 31.6 Å². The van der Waals surface area contributed by atoms with E-state index in [1.165, 1.54) is 18.4 Å². The van der Waals surface area contributed by atoms with Crippen LogP contribution in [0.5, 0.6) is 0 Å². The molecule has 1 N–H and O–H groups in total. The van der Waals surface area contributed by atoms with Crippen LogP contribution in [0.2, 0.25) is 0 Å². The summed E-state index contributed by atoms with van der Waals surface area (Å²) in [7, 11) is 0. The Morgan fingerprint density at radius 1 is 1.25 bits per heavy atom. The molecule has 106 valence electrons. The van der Waals surface area contributed by atoms with Crippen molar-refractivity contribution >= 4 is 0 Å². The Balaban J connectivity index is 1.51. The summed E-state index contributed by atoms with van der Waals surface area (Å²) in [6.07, 6.45) is 3.96. The summed E-state index contributed by atoms with van der Waals surface area (Å²) < 4.78 is 0. The van der Waals surface area contributed by atoms with E-state index in [0.29, 0.717) is 11.8 Å². The molecule has 1 saturated heterocycles. The molecule has 0 radical (unpaired) electrons. The first-order valence-electron chi connectivity index (χ1n) is 7.45. The molecule has 1 fully saturated rings. The topological polar surface area (TPSA) is 44.8 Å². The Morgan fingerprint density at radius 3 is 2.65 bits per heavy atom. The van der Waals surface area contributed by atoms with Gasteiger partial charge in [-0.1, -0.05) is 37.3 Å². The summed E-state index contributed by atoms with van der Waals surface area (Å²) in [5, 5.41) is 6.96. The molecule has 1 aromatic carbocycles. The molecule has 0 spiro atoms. The van der Waals surface area contributed by atoms with Crippen molar-refractivity contribution in [2.75, 3.05) is 19.6 Å². The number of benzene rings is 1. The second-order valence-electron chi connectivity index (χ2n) is 5.76. The van der Waals surface area contributed by atoms with Crippen molar-refractivity contribution in [1.82, 2.24) is 20.1 Å². The Morgan fingerprint density at radius 2 is 2.00 bits per heavy atom. The fraction of sp³-hybridized carbons (Fsp3) is 0.500. The molecule has 1 aromatic heterocycles. The number of hydrogen-bond donors (Lipinski definition) is 1. The maximum absolute atomic E-state index is 4.29. The van der Waals surface area contributed by atoms with E-state index in [2.05, 4.69) is 57.3 Å². The minimum atomic E-state index is 0.556. The van der Waals surface area contributed by atoms with Crippen molar-refractivity contribution in [2.24, 2.45) is 0 Å². The summed E-state index contributed by atoms with van der Waals surface area (Å²) >= 11 is 0. The minimum Gasteiger partial charge on any atom is -0.303 e. The smallest absolute Gasteiger partial charge is 0.137 e. The zero-order valence-electron chi connectivity index (χ0n) is 12.0. The SMILES string of the molecule is C[C@@H](CN1CCC(c2ncn[nH]2)CC1)c1ccccc1. The van der Waals surface area contributed by atoms with E-state index < -0.39 is 0 Å². The van der Waals surface area contributed by atoms with Crippen LogP contribution in [0.4, 0.5) is 0 Å². The van der Waals surface area contributed by atoms with Crippen LogP contribution in [0.1, 0.15) is 43.0 Å². The standard InChI is InChI=1S/C16H22N4/c1-13(14-5-3-2-4-6-14)11-20-9-7-15(8-10-20)16-17-12-18-19-16/h2-6,12-13,15H,7-11H2,1H3,(H,17,18,19)/t13-/m0/s1. The van der Waals surface area contributed by atoms with Gasteiger partial charge in [0, 0.05) is 12.5 Å². The van der Waals surface area contributed by atoms with E-state index in [4.69, 9.17) is 0 Å².